The average Bonchev–Trinajstić information content (AvgIpc) is 2.19. The van der Waals surface area contributed by atoms with Gasteiger partial charge in [0, 0.05) is 0 Å². The highest BCUT2D eigenvalue weighted by molar-refractivity contribution is 5.15. The SMILES string of the molecule is C[C@@H]1CCC[C@@H](Cc2ccccc2)C1. The molecule has 0 spiro atoms. The molecule has 0 aliphatic heterocycles. The molecular weight excluding hydrogens is 168 g/mol. The van der Waals surface area contributed by atoms with E-state index >= 15 is 0 Å². The fraction of sp³-hybridized carbons (Fsp3) is 0.571. The molecule has 0 radical (unpaired) electrons. The molecular formula is C14H20. The minimum absolute atomic E-state index is 0.946. The molecule has 0 aromatic heterocycles. The standard InChI is InChI=1S/C14H20/c1-12-6-5-9-14(10-12)11-13-7-3-2-4-8-13/h2-4,7-8,12,14H,5-6,9-11H2,1H3/t12-,14-/m1/s1. The van der Waals surface area contributed by atoms with E-state index in [4.69, 9.17) is 0 Å². The van der Waals surface area contributed by atoms with Crippen LogP contribution in [0.1, 0.15) is 38.2 Å². The van der Waals surface area contributed by atoms with Crippen molar-refractivity contribution in [1.29, 1.82) is 0 Å². The summed E-state index contributed by atoms with van der Waals surface area (Å²) in [4.78, 5) is 0. The molecule has 0 bridgehead atoms. The van der Waals surface area contributed by atoms with E-state index in [0.717, 1.165) is 11.8 Å². The van der Waals surface area contributed by atoms with Crippen molar-refractivity contribution in [3.8, 4) is 0 Å². The summed E-state index contributed by atoms with van der Waals surface area (Å²) in [6.45, 7) is 2.40. The minimum Gasteiger partial charge on any atom is -0.0625 e. The molecule has 2 rings (SSSR count). The summed E-state index contributed by atoms with van der Waals surface area (Å²) in [7, 11) is 0. The van der Waals surface area contributed by atoms with Gasteiger partial charge < -0.3 is 0 Å². The Balaban J connectivity index is 1.91. The van der Waals surface area contributed by atoms with Gasteiger partial charge in [-0.1, -0.05) is 56.5 Å². The zero-order valence-corrected chi connectivity index (χ0v) is 9.08. The van der Waals surface area contributed by atoms with Gasteiger partial charge >= 0.3 is 0 Å². The lowest BCUT2D eigenvalue weighted by atomic mass is 9.79. The molecule has 0 unspecified atom stereocenters. The third-order valence-electron chi connectivity index (χ3n) is 3.41. The molecule has 0 heteroatoms. The summed E-state index contributed by atoms with van der Waals surface area (Å²) in [5.41, 5.74) is 1.52. The molecule has 1 aliphatic carbocycles. The first-order valence-electron chi connectivity index (χ1n) is 5.88. The lowest BCUT2D eigenvalue weighted by molar-refractivity contribution is 0.281. The summed E-state index contributed by atoms with van der Waals surface area (Å²) < 4.78 is 0. The Morgan fingerprint density at radius 3 is 2.64 bits per heavy atom. The number of benzene rings is 1. The molecule has 0 amide bonds. The Morgan fingerprint density at radius 1 is 1.14 bits per heavy atom. The summed E-state index contributed by atoms with van der Waals surface area (Å²) >= 11 is 0. The quantitative estimate of drug-likeness (QED) is 0.656. The Labute approximate surface area is 87.3 Å². The molecule has 0 heterocycles. The predicted octanol–water partition coefficient (Wildman–Crippen LogP) is 4.06. The van der Waals surface area contributed by atoms with Crippen molar-refractivity contribution in [2.24, 2.45) is 11.8 Å². The molecule has 1 aromatic carbocycles. The van der Waals surface area contributed by atoms with Crippen LogP contribution in [-0.4, -0.2) is 0 Å². The lowest BCUT2D eigenvalue weighted by Crippen LogP contribution is -2.15. The van der Waals surface area contributed by atoms with Gasteiger partial charge in [0.25, 0.3) is 0 Å². The molecule has 1 fully saturated rings. The van der Waals surface area contributed by atoms with Crippen molar-refractivity contribution in [2.45, 2.75) is 39.0 Å². The van der Waals surface area contributed by atoms with Gasteiger partial charge in [0.15, 0.2) is 0 Å². The third kappa shape index (κ3) is 2.60. The first-order valence-corrected chi connectivity index (χ1v) is 5.88. The lowest BCUT2D eigenvalue weighted by Gasteiger charge is -2.26. The highest BCUT2D eigenvalue weighted by atomic mass is 14.2. The van der Waals surface area contributed by atoms with Crippen LogP contribution in [0, 0.1) is 11.8 Å². The second-order valence-electron chi connectivity index (χ2n) is 4.83. The number of rotatable bonds is 2. The van der Waals surface area contributed by atoms with Gasteiger partial charge in [0.1, 0.15) is 0 Å². The van der Waals surface area contributed by atoms with E-state index in [0.29, 0.717) is 0 Å². The summed E-state index contributed by atoms with van der Waals surface area (Å²) in [5.74, 6) is 1.90. The molecule has 0 N–H and O–H groups in total. The second-order valence-corrected chi connectivity index (χ2v) is 4.83. The third-order valence-corrected chi connectivity index (χ3v) is 3.41. The zero-order chi connectivity index (χ0) is 9.80. The van der Waals surface area contributed by atoms with Gasteiger partial charge in [-0.05, 0) is 30.2 Å². The van der Waals surface area contributed by atoms with Gasteiger partial charge in [0.2, 0.25) is 0 Å². The Morgan fingerprint density at radius 2 is 1.93 bits per heavy atom. The van der Waals surface area contributed by atoms with Crippen LogP contribution in [0.3, 0.4) is 0 Å². The van der Waals surface area contributed by atoms with Crippen LogP contribution in [0.5, 0.6) is 0 Å². The maximum Gasteiger partial charge on any atom is -0.0250 e. The molecule has 1 saturated carbocycles. The van der Waals surface area contributed by atoms with E-state index < -0.39 is 0 Å². The molecule has 0 saturated heterocycles. The van der Waals surface area contributed by atoms with Crippen LogP contribution in [0.4, 0.5) is 0 Å². The predicted molar refractivity (Wildman–Crippen MR) is 61.3 cm³/mol. The van der Waals surface area contributed by atoms with Crippen molar-refractivity contribution < 1.29 is 0 Å². The average molecular weight is 188 g/mol. The summed E-state index contributed by atoms with van der Waals surface area (Å²) in [6, 6.07) is 10.9. The second kappa shape index (κ2) is 4.63. The molecule has 14 heavy (non-hydrogen) atoms. The Kier molecular flexibility index (Phi) is 3.23. The van der Waals surface area contributed by atoms with E-state index in [9.17, 15) is 0 Å². The zero-order valence-electron chi connectivity index (χ0n) is 9.08. The molecule has 1 aliphatic rings. The van der Waals surface area contributed by atoms with Gasteiger partial charge in [-0.3, -0.25) is 0 Å². The largest absolute Gasteiger partial charge is 0.0625 e. The first-order chi connectivity index (χ1) is 6.84. The van der Waals surface area contributed by atoms with Crippen molar-refractivity contribution in [3.63, 3.8) is 0 Å². The minimum atomic E-state index is 0.946. The summed E-state index contributed by atoms with van der Waals surface area (Å²) in [6.07, 6.45) is 7.07. The van der Waals surface area contributed by atoms with Gasteiger partial charge in [-0.25, -0.2) is 0 Å². The van der Waals surface area contributed by atoms with Crippen molar-refractivity contribution in [1.82, 2.24) is 0 Å². The molecule has 76 valence electrons. The van der Waals surface area contributed by atoms with E-state index in [-0.39, 0.29) is 0 Å². The number of hydrogen-bond acceptors (Lipinski definition) is 0. The molecule has 0 nitrogen and oxygen atoms in total. The normalized spacial score (nSPS) is 27.5. The van der Waals surface area contributed by atoms with E-state index in [1.54, 1.807) is 0 Å². The van der Waals surface area contributed by atoms with Crippen LogP contribution in [0.2, 0.25) is 0 Å². The summed E-state index contributed by atoms with van der Waals surface area (Å²) in [5, 5.41) is 0. The van der Waals surface area contributed by atoms with Crippen LogP contribution < -0.4 is 0 Å². The van der Waals surface area contributed by atoms with E-state index in [1.165, 1.54) is 37.7 Å². The van der Waals surface area contributed by atoms with Crippen LogP contribution in [0.15, 0.2) is 30.3 Å². The maximum absolute atomic E-state index is 2.40. The van der Waals surface area contributed by atoms with Crippen molar-refractivity contribution in [3.05, 3.63) is 35.9 Å². The van der Waals surface area contributed by atoms with Crippen molar-refractivity contribution in [2.75, 3.05) is 0 Å². The first kappa shape index (κ1) is 9.76. The fourth-order valence-corrected chi connectivity index (χ4v) is 2.69. The highest BCUT2D eigenvalue weighted by Gasteiger charge is 2.18. The monoisotopic (exact) mass is 188 g/mol. The highest BCUT2D eigenvalue weighted by Crippen LogP contribution is 2.30. The fourth-order valence-electron chi connectivity index (χ4n) is 2.69. The van der Waals surface area contributed by atoms with E-state index in [2.05, 4.69) is 37.3 Å². The van der Waals surface area contributed by atoms with Gasteiger partial charge in [0.05, 0.1) is 0 Å². The van der Waals surface area contributed by atoms with Gasteiger partial charge in [-0.15, -0.1) is 0 Å². The Bertz CT molecular complexity index is 263. The van der Waals surface area contributed by atoms with Crippen LogP contribution in [0.25, 0.3) is 0 Å². The number of hydrogen-bond donors (Lipinski definition) is 0. The topological polar surface area (TPSA) is 0 Å². The smallest absolute Gasteiger partial charge is 0.0250 e. The molecule has 2 atom stereocenters. The molecule has 1 aromatic rings. The maximum atomic E-state index is 2.40. The Hall–Kier alpha value is -0.780. The van der Waals surface area contributed by atoms with Gasteiger partial charge in [-0.2, -0.15) is 0 Å². The van der Waals surface area contributed by atoms with E-state index in [1.807, 2.05) is 0 Å². The van der Waals surface area contributed by atoms with Crippen LogP contribution in [-0.2, 0) is 6.42 Å². The van der Waals surface area contributed by atoms with Crippen molar-refractivity contribution >= 4 is 0 Å². The van der Waals surface area contributed by atoms with Crippen LogP contribution >= 0.6 is 0 Å².